The summed E-state index contributed by atoms with van der Waals surface area (Å²) in [6.07, 6.45) is 1.70. The first-order valence-electron chi connectivity index (χ1n) is 5.15. The molecular weight excluding hydrogens is 222 g/mol. The van der Waals surface area contributed by atoms with E-state index in [0.29, 0.717) is 15.8 Å². The van der Waals surface area contributed by atoms with Crippen molar-refractivity contribution in [2.24, 2.45) is 7.05 Å². The van der Waals surface area contributed by atoms with E-state index in [1.165, 1.54) is 0 Å². The summed E-state index contributed by atoms with van der Waals surface area (Å²) < 4.78 is 2.11. The minimum Gasteiger partial charge on any atom is -0.343 e. The van der Waals surface area contributed by atoms with E-state index in [4.69, 9.17) is 12.2 Å². The van der Waals surface area contributed by atoms with Crippen molar-refractivity contribution in [3.63, 3.8) is 0 Å². The van der Waals surface area contributed by atoms with Crippen LogP contribution in [0, 0.1) is 11.7 Å². The summed E-state index contributed by atoms with van der Waals surface area (Å²) in [5, 5.41) is 0.562. The molecule has 2 rings (SSSR count). The van der Waals surface area contributed by atoms with Crippen molar-refractivity contribution >= 4 is 23.3 Å². The Balaban J connectivity index is 0.000000606. The second kappa shape index (κ2) is 5.03. The van der Waals surface area contributed by atoms with Crippen LogP contribution in [0.15, 0.2) is 17.1 Å². The van der Waals surface area contributed by atoms with E-state index in [2.05, 4.69) is 9.97 Å². The van der Waals surface area contributed by atoms with Crippen molar-refractivity contribution in [3.8, 4) is 0 Å². The molecule has 0 saturated heterocycles. The first-order chi connectivity index (χ1) is 7.58. The van der Waals surface area contributed by atoms with Crippen LogP contribution in [0.2, 0.25) is 0 Å². The van der Waals surface area contributed by atoms with Crippen molar-refractivity contribution in [2.75, 3.05) is 0 Å². The lowest BCUT2D eigenvalue weighted by Crippen LogP contribution is -2.07. The summed E-state index contributed by atoms with van der Waals surface area (Å²) in [6, 6.07) is 1.55. The number of H-pyrrole nitrogens is 1. The normalized spacial score (nSPS) is 9.75. The molecule has 0 saturated carbocycles. The predicted octanol–water partition coefficient (Wildman–Crippen LogP) is 2.33. The molecule has 0 bridgehead atoms. The minimum atomic E-state index is -0.0330. The molecule has 0 aliphatic rings. The lowest BCUT2D eigenvalue weighted by Gasteiger charge is -2.01. The number of fused-ring (bicyclic) bond motifs is 1. The zero-order valence-corrected chi connectivity index (χ0v) is 10.7. The van der Waals surface area contributed by atoms with Crippen LogP contribution >= 0.6 is 12.2 Å². The van der Waals surface area contributed by atoms with Crippen molar-refractivity contribution in [2.45, 2.75) is 20.8 Å². The van der Waals surface area contributed by atoms with E-state index in [0.717, 1.165) is 5.69 Å². The molecule has 0 atom stereocenters. The molecule has 4 nitrogen and oxygen atoms in total. The van der Waals surface area contributed by atoms with E-state index >= 15 is 0 Å². The topological polar surface area (TPSA) is 50.7 Å². The van der Waals surface area contributed by atoms with Crippen LogP contribution in [-0.2, 0) is 7.05 Å². The van der Waals surface area contributed by atoms with Crippen LogP contribution in [0.5, 0.6) is 0 Å². The Bertz CT molecular complexity index is 613. The third-order valence-electron chi connectivity index (χ3n) is 2.02. The predicted molar refractivity (Wildman–Crippen MR) is 68.3 cm³/mol. The second-order valence-corrected chi connectivity index (χ2v) is 3.58. The zero-order chi connectivity index (χ0) is 12.3. The molecule has 5 heteroatoms. The van der Waals surface area contributed by atoms with Crippen LogP contribution in [-0.4, -0.2) is 14.5 Å². The van der Waals surface area contributed by atoms with Gasteiger partial charge < -0.3 is 9.55 Å². The van der Waals surface area contributed by atoms with Gasteiger partial charge in [-0.15, -0.1) is 0 Å². The molecule has 2 heterocycles. The number of rotatable bonds is 0. The van der Waals surface area contributed by atoms with Gasteiger partial charge in [-0.05, 0) is 19.1 Å². The molecule has 0 aliphatic heterocycles. The summed E-state index contributed by atoms with van der Waals surface area (Å²) in [7, 11) is 1.77. The zero-order valence-electron chi connectivity index (χ0n) is 9.87. The summed E-state index contributed by atoms with van der Waals surface area (Å²) in [5.41, 5.74) is 1.31. The molecule has 0 aliphatic carbocycles. The molecule has 0 unspecified atom stereocenters. The molecule has 1 N–H and O–H groups in total. The fourth-order valence-electron chi connectivity index (χ4n) is 1.32. The Kier molecular flexibility index (Phi) is 3.95. The Labute approximate surface area is 99.0 Å². The quantitative estimate of drug-likeness (QED) is 0.715. The first-order valence-corrected chi connectivity index (χ1v) is 5.56. The molecule has 0 radical (unpaired) electrons. The minimum absolute atomic E-state index is 0.0330. The smallest absolute Gasteiger partial charge is 0.201 e. The van der Waals surface area contributed by atoms with Gasteiger partial charge in [-0.2, -0.15) is 0 Å². The van der Waals surface area contributed by atoms with E-state index in [1.54, 1.807) is 23.9 Å². The van der Waals surface area contributed by atoms with Crippen LogP contribution in [0.25, 0.3) is 11.0 Å². The number of hydrogen-bond donors (Lipinski definition) is 1. The number of nitrogens with one attached hydrogen (secondary N) is 1. The third kappa shape index (κ3) is 2.36. The van der Waals surface area contributed by atoms with Crippen LogP contribution < -0.4 is 5.43 Å². The molecule has 2 aromatic rings. The SMILES string of the molecule is CC.Cc1cc(=O)c2cn(C)c(=S)nc2[nH]1. The molecule has 86 valence electrons. The van der Waals surface area contributed by atoms with Gasteiger partial charge in [0.25, 0.3) is 0 Å². The molecule has 0 amide bonds. The number of nitrogens with zero attached hydrogens (tertiary/aromatic N) is 2. The van der Waals surface area contributed by atoms with Crippen LogP contribution in [0.4, 0.5) is 0 Å². The maximum atomic E-state index is 11.6. The highest BCUT2D eigenvalue weighted by Crippen LogP contribution is 2.03. The Hall–Kier alpha value is -1.49. The van der Waals surface area contributed by atoms with E-state index in [1.807, 2.05) is 20.8 Å². The Morgan fingerprint density at radius 3 is 2.69 bits per heavy atom. The van der Waals surface area contributed by atoms with Gasteiger partial charge in [0, 0.05) is 25.0 Å². The van der Waals surface area contributed by atoms with Gasteiger partial charge >= 0.3 is 0 Å². The standard InChI is InChI=1S/C9H9N3OS.C2H6/c1-5-3-7(13)6-4-12(2)9(14)11-8(6)10-5;1-2/h3-4H,1-2H3,(H,10,11,14);1-2H3. The first kappa shape index (κ1) is 12.6. The maximum Gasteiger partial charge on any atom is 0.201 e. The van der Waals surface area contributed by atoms with Gasteiger partial charge in [0.15, 0.2) is 5.43 Å². The lowest BCUT2D eigenvalue weighted by atomic mass is 10.3. The van der Waals surface area contributed by atoms with Gasteiger partial charge in [-0.3, -0.25) is 4.79 Å². The highest BCUT2D eigenvalue weighted by molar-refractivity contribution is 7.71. The van der Waals surface area contributed by atoms with Crippen LogP contribution in [0.1, 0.15) is 19.5 Å². The van der Waals surface area contributed by atoms with Crippen molar-refractivity contribution in [1.82, 2.24) is 14.5 Å². The average Bonchev–Trinajstić information content (AvgIpc) is 2.24. The van der Waals surface area contributed by atoms with Gasteiger partial charge in [0.2, 0.25) is 4.77 Å². The van der Waals surface area contributed by atoms with Gasteiger partial charge in [-0.1, -0.05) is 13.8 Å². The van der Waals surface area contributed by atoms with Crippen molar-refractivity contribution < 1.29 is 0 Å². The second-order valence-electron chi connectivity index (χ2n) is 3.21. The number of aromatic amines is 1. The summed E-state index contributed by atoms with van der Waals surface area (Å²) in [4.78, 5) is 18.7. The average molecular weight is 237 g/mol. The fraction of sp³-hybridized carbons (Fsp3) is 0.364. The molecule has 0 spiro atoms. The lowest BCUT2D eigenvalue weighted by molar-refractivity contribution is 0.855. The number of aryl methyl sites for hydroxylation is 2. The van der Waals surface area contributed by atoms with Crippen molar-refractivity contribution in [1.29, 1.82) is 0 Å². The van der Waals surface area contributed by atoms with E-state index in [-0.39, 0.29) is 5.43 Å². The molecular formula is C11H15N3OS. The molecule has 0 fully saturated rings. The van der Waals surface area contributed by atoms with Gasteiger partial charge in [0.05, 0.1) is 5.39 Å². The molecule has 0 aromatic carbocycles. The number of pyridine rings is 1. The summed E-state index contributed by atoms with van der Waals surface area (Å²) >= 11 is 5.00. The monoisotopic (exact) mass is 237 g/mol. The Morgan fingerprint density at radius 2 is 2.06 bits per heavy atom. The van der Waals surface area contributed by atoms with Crippen molar-refractivity contribution in [3.05, 3.63) is 33.0 Å². The molecule has 2 aromatic heterocycles. The maximum absolute atomic E-state index is 11.6. The van der Waals surface area contributed by atoms with E-state index in [9.17, 15) is 4.79 Å². The summed E-state index contributed by atoms with van der Waals surface area (Å²) in [5.74, 6) is 0. The van der Waals surface area contributed by atoms with Crippen LogP contribution in [0.3, 0.4) is 0 Å². The highest BCUT2D eigenvalue weighted by Gasteiger charge is 2.01. The Morgan fingerprint density at radius 1 is 1.44 bits per heavy atom. The van der Waals surface area contributed by atoms with E-state index < -0.39 is 0 Å². The number of hydrogen-bond acceptors (Lipinski definition) is 3. The summed E-state index contributed by atoms with van der Waals surface area (Å²) in [6.45, 7) is 5.82. The van der Waals surface area contributed by atoms with Gasteiger partial charge in [-0.25, -0.2) is 4.98 Å². The van der Waals surface area contributed by atoms with Gasteiger partial charge in [0.1, 0.15) is 5.65 Å². The fourth-order valence-corrected chi connectivity index (χ4v) is 1.46. The molecule has 16 heavy (non-hydrogen) atoms. The number of aromatic nitrogens is 3. The largest absolute Gasteiger partial charge is 0.343 e. The third-order valence-corrected chi connectivity index (χ3v) is 2.39. The highest BCUT2D eigenvalue weighted by atomic mass is 32.1.